The number of aromatic hydroxyl groups is 1. The normalized spacial score (nSPS) is 15.9. The van der Waals surface area contributed by atoms with Crippen LogP contribution in [0.25, 0.3) is 0 Å². The zero-order valence-corrected chi connectivity index (χ0v) is 23.1. The summed E-state index contributed by atoms with van der Waals surface area (Å²) in [6.45, 7) is 11.7. The van der Waals surface area contributed by atoms with Gasteiger partial charge in [-0.05, 0) is 40.0 Å². The van der Waals surface area contributed by atoms with Gasteiger partial charge in [-0.3, -0.25) is 0 Å². The fraction of sp³-hybridized carbons (Fsp3) is 0.633. The van der Waals surface area contributed by atoms with E-state index in [1.54, 1.807) is 26.0 Å². The van der Waals surface area contributed by atoms with Gasteiger partial charge in [0.05, 0.1) is 23.7 Å². The minimum atomic E-state index is -0.995. The second-order valence-corrected chi connectivity index (χ2v) is 10.7. The lowest BCUT2D eigenvalue weighted by atomic mass is 9.83. The molecule has 0 radical (unpaired) electrons. The van der Waals surface area contributed by atoms with Gasteiger partial charge in [-0.25, -0.2) is 4.79 Å². The molecule has 0 fully saturated rings. The van der Waals surface area contributed by atoms with Crippen LogP contribution in [-0.2, 0) is 11.8 Å². The first-order valence-corrected chi connectivity index (χ1v) is 13.3. The lowest BCUT2D eigenvalue weighted by molar-refractivity contribution is 0.125. The maximum atomic E-state index is 12.2. The van der Waals surface area contributed by atoms with Crippen LogP contribution in [0.3, 0.4) is 0 Å². The van der Waals surface area contributed by atoms with Gasteiger partial charge in [0, 0.05) is 25.0 Å². The Bertz CT molecular complexity index is 937. The van der Waals surface area contributed by atoms with Gasteiger partial charge in [0.15, 0.2) is 0 Å². The maximum Gasteiger partial charge on any atom is 0.342 e. The topological polar surface area (TPSA) is 111 Å². The molecular weight excluding hydrogens is 456 g/mol. The molecule has 0 saturated carbocycles. The van der Waals surface area contributed by atoms with Gasteiger partial charge in [-0.2, -0.15) is 0 Å². The summed E-state index contributed by atoms with van der Waals surface area (Å²) >= 11 is 0. The van der Waals surface area contributed by atoms with Crippen molar-refractivity contribution < 1.29 is 24.8 Å². The molecule has 1 rings (SSSR count). The number of hydrogen-bond acceptors (Lipinski definition) is 6. The summed E-state index contributed by atoms with van der Waals surface area (Å²) in [7, 11) is 0. The Morgan fingerprint density at radius 2 is 1.83 bits per heavy atom. The van der Waals surface area contributed by atoms with Crippen LogP contribution in [0.4, 0.5) is 0 Å². The van der Waals surface area contributed by atoms with Crippen LogP contribution in [0.5, 0.6) is 5.75 Å². The third-order valence-corrected chi connectivity index (χ3v) is 6.71. The van der Waals surface area contributed by atoms with Gasteiger partial charge in [-0.15, -0.1) is 0 Å². The molecule has 0 aliphatic heterocycles. The second-order valence-electron chi connectivity index (χ2n) is 10.7. The van der Waals surface area contributed by atoms with E-state index in [9.17, 15) is 20.1 Å². The molecular formula is C30H48O6. The van der Waals surface area contributed by atoms with E-state index in [4.69, 9.17) is 9.52 Å². The van der Waals surface area contributed by atoms with Crippen LogP contribution >= 0.6 is 0 Å². The fourth-order valence-corrected chi connectivity index (χ4v) is 4.35. The van der Waals surface area contributed by atoms with E-state index in [1.807, 2.05) is 13.0 Å². The molecule has 3 atom stereocenters. The van der Waals surface area contributed by atoms with Crippen molar-refractivity contribution in [3.05, 3.63) is 63.3 Å². The highest BCUT2D eigenvalue weighted by Crippen LogP contribution is 2.30. The van der Waals surface area contributed by atoms with E-state index in [0.29, 0.717) is 5.92 Å². The highest BCUT2D eigenvalue weighted by molar-refractivity contribution is 5.34. The van der Waals surface area contributed by atoms with Crippen molar-refractivity contribution in [2.45, 2.75) is 98.0 Å². The Hall–Kier alpha value is -2.15. The highest BCUT2D eigenvalue weighted by atomic mass is 16.4. The quantitative estimate of drug-likeness (QED) is 0.133. The number of allylic oxidation sites excluding steroid dienone is 3. The fourth-order valence-electron chi connectivity index (χ4n) is 4.35. The molecule has 1 aromatic rings. The lowest BCUT2D eigenvalue weighted by Crippen LogP contribution is -2.33. The predicted molar refractivity (Wildman–Crippen MR) is 146 cm³/mol. The summed E-state index contributed by atoms with van der Waals surface area (Å²) < 4.78 is 5.35. The standard InChI is InChI=1S/C30H48O6/c1-7-8-9-10-11-21(2)16-23(4)18-24(20-32)17-22(3)12-13-27(34)30(5,6)28-19-26(33)25(14-15-31)29(35)36-28/h12-13,17-19,21,24,27,31-34H,7-11,14-16,20H2,1-6H3/b13-12+,22-17+,23-18-. The molecule has 3 unspecified atom stereocenters. The molecule has 6 heteroatoms. The maximum absolute atomic E-state index is 12.2. The zero-order chi connectivity index (χ0) is 27.3. The van der Waals surface area contributed by atoms with Crippen molar-refractivity contribution >= 4 is 0 Å². The first-order chi connectivity index (χ1) is 17.0. The Morgan fingerprint density at radius 1 is 1.14 bits per heavy atom. The Labute approximate surface area is 217 Å². The Balaban J connectivity index is 2.87. The average Bonchev–Trinajstić information content (AvgIpc) is 2.81. The summed E-state index contributed by atoms with van der Waals surface area (Å²) in [4.78, 5) is 12.2. The van der Waals surface area contributed by atoms with Crippen LogP contribution in [-0.4, -0.2) is 39.7 Å². The largest absolute Gasteiger partial charge is 0.507 e. The smallest absolute Gasteiger partial charge is 0.342 e. The number of aliphatic hydroxyl groups is 3. The summed E-state index contributed by atoms with van der Waals surface area (Å²) in [5.74, 6) is 0.415. The molecule has 0 amide bonds. The summed E-state index contributed by atoms with van der Waals surface area (Å²) in [5.41, 5.74) is 0.479. The number of unbranched alkanes of at least 4 members (excludes halogenated alkanes) is 3. The van der Waals surface area contributed by atoms with E-state index < -0.39 is 17.1 Å². The number of rotatable bonds is 16. The molecule has 1 aromatic heterocycles. The minimum Gasteiger partial charge on any atom is -0.507 e. The van der Waals surface area contributed by atoms with Crippen molar-refractivity contribution in [2.24, 2.45) is 11.8 Å². The lowest BCUT2D eigenvalue weighted by Gasteiger charge is -2.27. The van der Waals surface area contributed by atoms with E-state index in [2.05, 4.69) is 26.8 Å². The first kappa shape index (κ1) is 31.9. The SMILES string of the molecule is CCCCCCC(C)C/C(C)=C\C(/C=C(C)/C=C/C(O)C(C)(C)c1cc(O)c(CCO)c(=O)o1)CO. The molecule has 1 heterocycles. The summed E-state index contributed by atoms with van der Waals surface area (Å²) in [6, 6.07) is 1.33. The van der Waals surface area contributed by atoms with Gasteiger partial charge in [0.25, 0.3) is 0 Å². The van der Waals surface area contributed by atoms with Crippen molar-refractivity contribution in [1.29, 1.82) is 0 Å². The van der Waals surface area contributed by atoms with Gasteiger partial charge < -0.3 is 24.8 Å². The number of hydrogen-bond donors (Lipinski definition) is 4. The van der Waals surface area contributed by atoms with Gasteiger partial charge in [0.2, 0.25) is 0 Å². The number of aliphatic hydroxyl groups excluding tert-OH is 3. The van der Waals surface area contributed by atoms with Crippen LogP contribution in [0.15, 0.2) is 50.7 Å². The summed E-state index contributed by atoms with van der Waals surface area (Å²) in [6.07, 6.45) is 13.9. The molecule has 0 aliphatic rings. The van der Waals surface area contributed by atoms with E-state index >= 15 is 0 Å². The molecule has 204 valence electrons. The molecule has 0 aromatic carbocycles. The van der Waals surface area contributed by atoms with Gasteiger partial charge in [0.1, 0.15) is 11.5 Å². The molecule has 36 heavy (non-hydrogen) atoms. The third-order valence-electron chi connectivity index (χ3n) is 6.71. The Morgan fingerprint density at radius 3 is 2.42 bits per heavy atom. The monoisotopic (exact) mass is 504 g/mol. The average molecular weight is 505 g/mol. The molecule has 4 N–H and O–H groups in total. The van der Waals surface area contributed by atoms with E-state index in [0.717, 1.165) is 12.0 Å². The van der Waals surface area contributed by atoms with Crippen LogP contribution in [0.2, 0.25) is 0 Å². The molecule has 6 nitrogen and oxygen atoms in total. The third kappa shape index (κ3) is 10.5. The first-order valence-electron chi connectivity index (χ1n) is 13.3. The van der Waals surface area contributed by atoms with Gasteiger partial charge >= 0.3 is 5.63 Å². The van der Waals surface area contributed by atoms with Crippen molar-refractivity contribution in [2.75, 3.05) is 13.2 Å². The second kappa shape index (κ2) is 15.9. The van der Waals surface area contributed by atoms with Crippen LogP contribution in [0.1, 0.15) is 91.4 Å². The van der Waals surface area contributed by atoms with E-state index in [1.165, 1.54) is 43.7 Å². The van der Waals surface area contributed by atoms with E-state index in [-0.39, 0.29) is 42.6 Å². The zero-order valence-electron chi connectivity index (χ0n) is 23.1. The van der Waals surface area contributed by atoms with Crippen LogP contribution in [0, 0.1) is 11.8 Å². The molecule has 0 saturated heterocycles. The summed E-state index contributed by atoms with van der Waals surface area (Å²) in [5, 5.41) is 39.9. The molecule has 0 bridgehead atoms. The van der Waals surface area contributed by atoms with Crippen molar-refractivity contribution in [3.63, 3.8) is 0 Å². The highest BCUT2D eigenvalue weighted by Gasteiger charge is 2.32. The molecule has 0 spiro atoms. The van der Waals surface area contributed by atoms with Gasteiger partial charge in [-0.1, -0.05) is 81.4 Å². The Kier molecular flexibility index (Phi) is 14.0. The van der Waals surface area contributed by atoms with Crippen molar-refractivity contribution in [1.82, 2.24) is 0 Å². The molecule has 0 aliphatic carbocycles. The van der Waals surface area contributed by atoms with Crippen LogP contribution < -0.4 is 5.63 Å². The van der Waals surface area contributed by atoms with Crippen molar-refractivity contribution in [3.8, 4) is 5.75 Å². The minimum absolute atomic E-state index is 0.000857. The predicted octanol–water partition coefficient (Wildman–Crippen LogP) is 5.57.